The van der Waals surface area contributed by atoms with Crippen molar-refractivity contribution in [1.82, 2.24) is 0 Å². The number of hydrogen-bond acceptors (Lipinski definition) is 2. The molecule has 0 aliphatic carbocycles. The molecule has 2 aromatic carbocycles. The Morgan fingerprint density at radius 3 is 2.40 bits per heavy atom. The maximum absolute atomic E-state index is 9.64. The van der Waals surface area contributed by atoms with Crippen molar-refractivity contribution in [3.63, 3.8) is 0 Å². The summed E-state index contributed by atoms with van der Waals surface area (Å²) in [6, 6.07) is 13.1. The van der Waals surface area contributed by atoms with Gasteiger partial charge in [0.05, 0.1) is 0 Å². The third-order valence-electron chi connectivity index (χ3n) is 2.24. The maximum Gasteiger partial charge on any atom is 0.131 e. The number of phenolic OH excluding ortho intramolecular Hbond substituents is 2. The highest BCUT2D eigenvalue weighted by Gasteiger charge is 2.04. The molecule has 0 atom stereocenters. The Hall–Kier alpha value is -1.96. The second-order valence-electron chi connectivity index (χ2n) is 3.49. The zero-order valence-corrected chi connectivity index (χ0v) is 8.36. The van der Waals surface area contributed by atoms with Crippen LogP contribution >= 0.6 is 0 Å². The number of aromatic hydroxyl groups is 2. The van der Waals surface area contributed by atoms with Gasteiger partial charge in [-0.2, -0.15) is 0 Å². The molecule has 0 aliphatic heterocycles. The Balaban J connectivity index is 2.53. The van der Waals surface area contributed by atoms with Crippen LogP contribution in [0.5, 0.6) is 11.5 Å². The Kier molecular flexibility index (Phi) is 2.34. The fraction of sp³-hybridized carbons (Fsp3) is 0.0769. The van der Waals surface area contributed by atoms with Gasteiger partial charge in [0.25, 0.3) is 0 Å². The highest BCUT2D eigenvalue weighted by atomic mass is 16.3. The molecule has 2 aromatic rings. The van der Waals surface area contributed by atoms with Crippen molar-refractivity contribution < 1.29 is 10.2 Å². The van der Waals surface area contributed by atoms with E-state index in [0.717, 1.165) is 16.7 Å². The van der Waals surface area contributed by atoms with Gasteiger partial charge in [-0.25, -0.2) is 0 Å². The number of hydrogen-bond donors (Lipinski definition) is 2. The second-order valence-corrected chi connectivity index (χ2v) is 3.49. The van der Waals surface area contributed by atoms with Crippen molar-refractivity contribution in [3.8, 4) is 22.6 Å². The van der Waals surface area contributed by atoms with Gasteiger partial charge < -0.3 is 10.2 Å². The van der Waals surface area contributed by atoms with E-state index in [1.54, 1.807) is 30.3 Å². The van der Waals surface area contributed by atoms with Gasteiger partial charge in [-0.1, -0.05) is 12.1 Å². The van der Waals surface area contributed by atoms with Gasteiger partial charge in [-0.3, -0.25) is 0 Å². The summed E-state index contributed by atoms with van der Waals surface area (Å²) in [4.78, 5) is 0. The Morgan fingerprint density at radius 1 is 1.07 bits per heavy atom. The third kappa shape index (κ3) is 1.94. The molecular weight excluding hydrogens is 188 g/mol. The van der Waals surface area contributed by atoms with Gasteiger partial charge in [0, 0.05) is 11.6 Å². The van der Waals surface area contributed by atoms with Crippen LogP contribution in [0.25, 0.3) is 11.1 Å². The normalized spacial score (nSPS) is 10.2. The van der Waals surface area contributed by atoms with Gasteiger partial charge >= 0.3 is 0 Å². The highest BCUT2D eigenvalue weighted by molar-refractivity contribution is 5.70. The molecule has 0 bridgehead atoms. The lowest BCUT2D eigenvalue weighted by atomic mass is 10.0. The predicted octanol–water partition coefficient (Wildman–Crippen LogP) is 2.87. The lowest BCUT2D eigenvalue weighted by Gasteiger charge is -2.05. The van der Waals surface area contributed by atoms with Crippen LogP contribution in [0.3, 0.4) is 0 Å². The molecule has 75 valence electrons. The number of aryl methyl sites for hydroxylation is 1. The lowest BCUT2D eigenvalue weighted by molar-refractivity contribution is 0.473. The predicted molar refractivity (Wildman–Crippen MR) is 58.8 cm³/mol. The molecule has 0 saturated carbocycles. The van der Waals surface area contributed by atoms with Crippen LogP contribution in [0.15, 0.2) is 36.4 Å². The van der Waals surface area contributed by atoms with Crippen LogP contribution < -0.4 is 0 Å². The van der Waals surface area contributed by atoms with E-state index in [0.29, 0.717) is 0 Å². The standard InChI is InChI=1S/C13H11O2/c1-9-2-7-13(15)12(8-9)10-3-5-11(14)6-4-10/h2-6,8,14-15H,1H3. The molecule has 2 N–H and O–H groups in total. The first-order valence-corrected chi connectivity index (χ1v) is 4.67. The zero-order chi connectivity index (χ0) is 10.8. The minimum absolute atomic E-state index is 0.131. The van der Waals surface area contributed by atoms with E-state index in [1.807, 2.05) is 13.0 Å². The molecule has 2 heteroatoms. The monoisotopic (exact) mass is 199 g/mol. The molecule has 0 fully saturated rings. The van der Waals surface area contributed by atoms with Crippen molar-refractivity contribution in [2.45, 2.75) is 6.92 Å². The molecule has 2 rings (SSSR count). The summed E-state index contributed by atoms with van der Waals surface area (Å²) in [5.41, 5.74) is 2.64. The minimum Gasteiger partial charge on any atom is -0.508 e. The molecule has 2 nitrogen and oxygen atoms in total. The quantitative estimate of drug-likeness (QED) is 0.741. The SMILES string of the molecule is Cc1c[c]c(O)c(-c2ccc(O)cc2)c1. The fourth-order valence-corrected chi connectivity index (χ4v) is 1.46. The van der Waals surface area contributed by atoms with Crippen LogP contribution in [0.1, 0.15) is 5.56 Å². The van der Waals surface area contributed by atoms with E-state index >= 15 is 0 Å². The summed E-state index contributed by atoms with van der Waals surface area (Å²) in [7, 11) is 0. The molecular formula is C13H11O2. The molecule has 0 amide bonds. The first-order chi connectivity index (χ1) is 7.16. The van der Waals surface area contributed by atoms with Crippen LogP contribution in [0, 0.1) is 13.0 Å². The van der Waals surface area contributed by atoms with Gasteiger partial charge in [-0.05, 0) is 42.3 Å². The molecule has 0 unspecified atom stereocenters. The topological polar surface area (TPSA) is 40.5 Å². The number of benzene rings is 2. The van der Waals surface area contributed by atoms with Gasteiger partial charge in [0.2, 0.25) is 0 Å². The van der Waals surface area contributed by atoms with Crippen molar-refractivity contribution in [3.05, 3.63) is 48.0 Å². The van der Waals surface area contributed by atoms with Crippen LogP contribution in [0.2, 0.25) is 0 Å². The summed E-state index contributed by atoms with van der Waals surface area (Å²) in [5, 5.41) is 18.8. The van der Waals surface area contributed by atoms with Gasteiger partial charge in [0.15, 0.2) is 0 Å². The summed E-state index contributed by atoms with van der Waals surface area (Å²) in [5.74, 6) is 0.348. The molecule has 0 saturated heterocycles. The van der Waals surface area contributed by atoms with Crippen LogP contribution in [-0.4, -0.2) is 10.2 Å². The molecule has 0 heterocycles. The average molecular weight is 199 g/mol. The molecule has 1 radical (unpaired) electrons. The average Bonchev–Trinajstić information content (AvgIpc) is 2.23. The summed E-state index contributed by atoms with van der Waals surface area (Å²) >= 11 is 0. The van der Waals surface area contributed by atoms with Gasteiger partial charge in [0.1, 0.15) is 11.5 Å². The molecule has 0 aromatic heterocycles. The highest BCUT2D eigenvalue weighted by Crippen LogP contribution is 2.30. The minimum atomic E-state index is 0.131. The van der Waals surface area contributed by atoms with Crippen molar-refractivity contribution in [2.75, 3.05) is 0 Å². The van der Waals surface area contributed by atoms with E-state index in [2.05, 4.69) is 6.07 Å². The summed E-state index contributed by atoms with van der Waals surface area (Å²) < 4.78 is 0. The first kappa shape index (κ1) is 9.59. The van der Waals surface area contributed by atoms with Crippen molar-refractivity contribution in [2.24, 2.45) is 0 Å². The van der Waals surface area contributed by atoms with Crippen molar-refractivity contribution >= 4 is 0 Å². The van der Waals surface area contributed by atoms with Crippen LogP contribution in [-0.2, 0) is 0 Å². The third-order valence-corrected chi connectivity index (χ3v) is 2.24. The van der Waals surface area contributed by atoms with E-state index < -0.39 is 0 Å². The molecule has 15 heavy (non-hydrogen) atoms. The van der Waals surface area contributed by atoms with Crippen molar-refractivity contribution in [1.29, 1.82) is 0 Å². The largest absolute Gasteiger partial charge is 0.508 e. The van der Waals surface area contributed by atoms with Crippen LogP contribution in [0.4, 0.5) is 0 Å². The van der Waals surface area contributed by atoms with Gasteiger partial charge in [-0.15, -0.1) is 0 Å². The van der Waals surface area contributed by atoms with E-state index in [4.69, 9.17) is 5.11 Å². The number of phenols is 2. The zero-order valence-electron chi connectivity index (χ0n) is 8.36. The maximum atomic E-state index is 9.64. The van der Waals surface area contributed by atoms with E-state index in [-0.39, 0.29) is 11.5 Å². The Labute approximate surface area is 88.4 Å². The van der Waals surface area contributed by atoms with E-state index in [1.165, 1.54) is 0 Å². The fourth-order valence-electron chi connectivity index (χ4n) is 1.46. The molecule has 0 spiro atoms. The Morgan fingerprint density at radius 2 is 1.73 bits per heavy atom. The molecule has 0 aliphatic rings. The summed E-state index contributed by atoms with van der Waals surface area (Å²) in [6.07, 6.45) is 0. The summed E-state index contributed by atoms with van der Waals surface area (Å²) in [6.45, 7) is 1.94. The smallest absolute Gasteiger partial charge is 0.131 e. The second kappa shape index (κ2) is 3.65. The van der Waals surface area contributed by atoms with E-state index in [9.17, 15) is 5.11 Å². The number of rotatable bonds is 1. The Bertz CT molecular complexity index is 472. The first-order valence-electron chi connectivity index (χ1n) is 4.67. The lowest BCUT2D eigenvalue weighted by Crippen LogP contribution is -1.81.